The van der Waals surface area contributed by atoms with Crippen molar-refractivity contribution >= 4 is 22.6 Å². The fraction of sp³-hybridized carbons (Fsp3) is 0.448. The molecule has 2 aliphatic rings. The van der Waals surface area contributed by atoms with Gasteiger partial charge >= 0.3 is 0 Å². The minimum absolute atomic E-state index is 0.0850. The normalized spacial score (nSPS) is 18.4. The van der Waals surface area contributed by atoms with Crippen LogP contribution >= 0.6 is 0 Å². The van der Waals surface area contributed by atoms with Gasteiger partial charge in [-0.15, -0.1) is 0 Å². The predicted molar refractivity (Wildman–Crippen MR) is 142 cm³/mol. The third kappa shape index (κ3) is 5.38. The molecule has 8 heteroatoms. The largest absolute Gasteiger partial charge is 0.491 e. The highest BCUT2D eigenvalue weighted by Gasteiger charge is 2.38. The maximum absolute atomic E-state index is 14.0. The van der Waals surface area contributed by atoms with Crippen molar-refractivity contribution in [3.8, 4) is 5.75 Å². The first-order valence-corrected chi connectivity index (χ1v) is 13.2. The molecule has 0 saturated carbocycles. The van der Waals surface area contributed by atoms with Gasteiger partial charge in [0, 0.05) is 31.9 Å². The number of aryl methyl sites for hydroxylation is 1. The van der Waals surface area contributed by atoms with Crippen LogP contribution in [0.1, 0.15) is 55.1 Å². The number of aromatic nitrogens is 2. The summed E-state index contributed by atoms with van der Waals surface area (Å²) in [5, 5.41) is 7.70. The molecule has 1 aromatic heterocycles. The zero-order valence-electron chi connectivity index (χ0n) is 21.4. The van der Waals surface area contributed by atoms with Crippen molar-refractivity contribution in [1.29, 1.82) is 0 Å². The molecule has 0 radical (unpaired) electrons. The summed E-state index contributed by atoms with van der Waals surface area (Å²) >= 11 is 0. The van der Waals surface area contributed by atoms with E-state index in [1.807, 2.05) is 34.1 Å². The van der Waals surface area contributed by atoms with Gasteiger partial charge in [-0.1, -0.05) is 42.8 Å². The van der Waals surface area contributed by atoms with Crippen LogP contribution in [0.3, 0.4) is 0 Å². The average molecular weight is 503 g/mol. The standard InChI is InChI=1S/C29H34N4O4/c1-21(34)32-16-14-29(15-17-32)13-7-6-9-22-8-2-5-12-25(22)37-19-18-33(20-29)28(36)26-23-10-3-4-11-24(23)27(35)31-30-26/h2-5,8,10-12H,6-7,9,13-20H2,1H3,(H,31,35). The van der Waals surface area contributed by atoms with Gasteiger partial charge < -0.3 is 14.5 Å². The molecule has 1 N–H and O–H groups in total. The summed E-state index contributed by atoms with van der Waals surface area (Å²) in [6.07, 6.45) is 5.74. The summed E-state index contributed by atoms with van der Waals surface area (Å²) < 4.78 is 6.18. The number of hydrogen-bond acceptors (Lipinski definition) is 5. The van der Waals surface area contributed by atoms with Crippen LogP contribution in [0, 0.1) is 5.41 Å². The number of nitrogens with one attached hydrogen (secondary N) is 1. The molecule has 0 aliphatic carbocycles. The van der Waals surface area contributed by atoms with Crippen molar-refractivity contribution in [3.63, 3.8) is 0 Å². The lowest BCUT2D eigenvalue weighted by Crippen LogP contribution is -2.49. The third-order valence-corrected chi connectivity index (χ3v) is 7.98. The molecule has 0 bridgehead atoms. The number of carbonyl (C=O) groups is 2. The molecule has 1 saturated heterocycles. The van der Waals surface area contributed by atoms with Crippen molar-refractivity contribution in [3.05, 3.63) is 70.1 Å². The highest BCUT2D eigenvalue weighted by molar-refractivity contribution is 6.04. The van der Waals surface area contributed by atoms with Gasteiger partial charge in [0.05, 0.1) is 11.9 Å². The highest BCUT2D eigenvalue weighted by atomic mass is 16.5. The van der Waals surface area contributed by atoms with Gasteiger partial charge in [0.25, 0.3) is 11.5 Å². The molecule has 1 fully saturated rings. The van der Waals surface area contributed by atoms with Crippen LogP contribution in [-0.4, -0.2) is 64.6 Å². The quantitative estimate of drug-likeness (QED) is 0.546. The molecule has 8 nitrogen and oxygen atoms in total. The number of likely N-dealkylation sites (tertiary alicyclic amines) is 1. The summed E-state index contributed by atoms with van der Waals surface area (Å²) in [5.41, 5.74) is 1.04. The van der Waals surface area contributed by atoms with Crippen molar-refractivity contribution in [2.24, 2.45) is 5.41 Å². The number of nitrogens with zero attached hydrogens (tertiary/aromatic N) is 3. The monoisotopic (exact) mass is 502 g/mol. The van der Waals surface area contributed by atoms with Gasteiger partial charge in [-0.3, -0.25) is 14.4 Å². The predicted octanol–water partition coefficient (Wildman–Crippen LogP) is 3.80. The lowest BCUT2D eigenvalue weighted by atomic mass is 9.73. The maximum Gasteiger partial charge on any atom is 0.275 e. The topological polar surface area (TPSA) is 95.6 Å². The van der Waals surface area contributed by atoms with Gasteiger partial charge in [0.1, 0.15) is 12.4 Å². The number of carbonyl (C=O) groups excluding carboxylic acids is 2. The van der Waals surface area contributed by atoms with Crippen molar-refractivity contribution in [1.82, 2.24) is 20.0 Å². The Morgan fingerprint density at radius 2 is 1.65 bits per heavy atom. The molecule has 5 rings (SSSR count). The minimum atomic E-state index is -0.311. The summed E-state index contributed by atoms with van der Waals surface area (Å²) in [7, 11) is 0. The highest BCUT2D eigenvalue weighted by Crippen LogP contribution is 2.39. The van der Waals surface area contributed by atoms with Gasteiger partial charge in [-0.25, -0.2) is 5.10 Å². The van der Waals surface area contributed by atoms with E-state index in [0.29, 0.717) is 43.6 Å². The van der Waals surface area contributed by atoms with Gasteiger partial charge in [0.15, 0.2) is 5.69 Å². The first-order valence-electron chi connectivity index (χ1n) is 13.2. The van der Waals surface area contributed by atoms with E-state index in [1.54, 1.807) is 25.1 Å². The molecular formula is C29H34N4O4. The fourth-order valence-corrected chi connectivity index (χ4v) is 5.80. The molecule has 194 valence electrons. The second-order valence-corrected chi connectivity index (χ2v) is 10.3. The van der Waals surface area contributed by atoms with Gasteiger partial charge in [-0.05, 0) is 55.2 Å². The molecular weight excluding hydrogens is 468 g/mol. The molecule has 2 amide bonds. The summed E-state index contributed by atoms with van der Waals surface area (Å²) in [6, 6.07) is 15.2. The minimum Gasteiger partial charge on any atom is -0.491 e. The van der Waals surface area contributed by atoms with Crippen LogP contribution in [0.5, 0.6) is 5.75 Å². The van der Waals surface area contributed by atoms with Gasteiger partial charge in [-0.2, -0.15) is 5.10 Å². The SMILES string of the molecule is CC(=O)N1CCC2(CCCCc3ccccc3OCCN(C(=O)c3n[nH]c(=O)c4ccccc34)C2)CC1. The summed E-state index contributed by atoms with van der Waals surface area (Å²) in [4.78, 5) is 42.1. The summed E-state index contributed by atoms with van der Waals surface area (Å²) in [6.45, 7) is 4.36. The lowest BCUT2D eigenvalue weighted by molar-refractivity contribution is -0.131. The molecule has 2 aromatic carbocycles. The Morgan fingerprint density at radius 1 is 0.919 bits per heavy atom. The fourth-order valence-electron chi connectivity index (χ4n) is 5.80. The zero-order valence-corrected chi connectivity index (χ0v) is 21.4. The van der Waals surface area contributed by atoms with Gasteiger partial charge in [0.2, 0.25) is 5.91 Å². The Morgan fingerprint density at radius 3 is 2.43 bits per heavy atom. The van der Waals surface area contributed by atoms with E-state index in [4.69, 9.17) is 4.74 Å². The van der Waals surface area contributed by atoms with Crippen LogP contribution < -0.4 is 10.3 Å². The number of hydrogen-bond donors (Lipinski definition) is 1. The first kappa shape index (κ1) is 25.0. The second-order valence-electron chi connectivity index (χ2n) is 10.3. The second kappa shape index (κ2) is 10.7. The van der Waals surface area contributed by atoms with Crippen LogP contribution in [-0.2, 0) is 11.2 Å². The van der Waals surface area contributed by atoms with Crippen molar-refractivity contribution in [2.75, 3.05) is 32.8 Å². The van der Waals surface area contributed by atoms with E-state index in [0.717, 1.165) is 44.3 Å². The number of rotatable bonds is 1. The molecule has 0 atom stereocenters. The van der Waals surface area contributed by atoms with Crippen molar-refractivity contribution < 1.29 is 14.3 Å². The maximum atomic E-state index is 14.0. The Hall–Kier alpha value is -3.68. The number of para-hydroxylation sites is 1. The van der Waals surface area contributed by atoms with Crippen LogP contribution in [0.2, 0.25) is 0 Å². The number of benzene rings is 2. The lowest BCUT2D eigenvalue weighted by Gasteiger charge is -2.44. The van der Waals surface area contributed by atoms with E-state index in [-0.39, 0.29) is 28.5 Å². The molecule has 3 heterocycles. The average Bonchev–Trinajstić information content (AvgIpc) is 2.91. The molecule has 1 spiro atoms. The third-order valence-electron chi connectivity index (χ3n) is 7.98. The van der Waals surface area contributed by atoms with Crippen molar-refractivity contribution in [2.45, 2.75) is 45.4 Å². The van der Waals surface area contributed by atoms with E-state index < -0.39 is 0 Å². The number of fused-ring (bicyclic) bond motifs is 2. The van der Waals surface area contributed by atoms with E-state index in [9.17, 15) is 14.4 Å². The Bertz CT molecular complexity index is 1340. The number of aromatic amines is 1. The zero-order chi connectivity index (χ0) is 25.8. The number of H-pyrrole nitrogens is 1. The molecule has 37 heavy (non-hydrogen) atoms. The Kier molecular flexibility index (Phi) is 7.26. The number of ether oxygens (including phenoxy) is 1. The Labute approximate surface area is 216 Å². The number of piperidine rings is 1. The smallest absolute Gasteiger partial charge is 0.275 e. The molecule has 3 aromatic rings. The molecule has 0 unspecified atom stereocenters. The first-order chi connectivity index (χ1) is 18.0. The van der Waals surface area contributed by atoms with E-state index >= 15 is 0 Å². The van der Waals surface area contributed by atoms with Crippen LogP contribution in [0.25, 0.3) is 10.8 Å². The van der Waals surface area contributed by atoms with Crippen LogP contribution in [0.4, 0.5) is 0 Å². The van der Waals surface area contributed by atoms with Crippen LogP contribution in [0.15, 0.2) is 53.3 Å². The van der Waals surface area contributed by atoms with E-state index in [2.05, 4.69) is 16.3 Å². The molecule has 2 aliphatic heterocycles. The number of amides is 2. The Balaban J connectivity index is 1.48. The summed E-state index contributed by atoms with van der Waals surface area (Å²) in [5.74, 6) is 0.757. The van der Waals surface area contributed by atoms with E-state index in [1.165, 1.54) is 5.56 Å².